The van der Waals surface area contributed by atoms with Gasteiger partial charge in [-0.15, -0.1) is 0 Å². The minimum atomic E-state index is 0.585. The molecule has 2 heterocycles. The molecule has 21 heavy (non-hydrogen) atoms. The van der Waals surface area contributed by atoms with Gasteiger partial charge in [0.05, 0.1) is 0 Å². The molecule has 0 spiro atoms. The van der Waals surface area contributed by atoms with E-state index in [2.05, 4.69) is 47.0 Å². The number of hydrogen-bond acceptors (Lipinski definition) is 4. The Morgan fingerprint density at radius 1 is 1.38 bits per heavy atom. The lowest BCUT2D eigenvalue weighted by Gasteiger charge is -2.37. The molecule has 0 bridgehead atoms. The van der Waals surface area contributed by atoms with Crippen molar-refractivity contribution in [1.82, 2.24) is 15.3 Å². The van der Waals surface area contributed by atoms with Gasteiger partial charge in [-0.3, -0.25) is 0 Å². The molecule has 4 heteroatoms. The monoisotopic (exact) mass is 290 g/mol. The van der Waals surface area contributed by atoms with Gasteiger partial charge < -0.3 is 10.2 Å². The third kappa shape index (κ3) is 4.40. The maximum atomic E-state index is 4.66. The first kappa shape index (κ1) is 16.2. The molecule has 1 aromatic heterocycles. The average Bonchev–Trinajstić information content (AvgIpc) is 2.52. The molecule has 0 amide bonds. The molecule has 1 aliphatic heterocycles. The van der Waals surface area contributed by atoms with Crippen LogP contribution in [0.2, 0.25) is 0 Å². The second-order valence-electron chi connectivity index (χ2n) is 6.21. The lowest BCUT2D eigenvalue weighted by atomic mass is 9.91. The van der Waals surface area contributed by atoms with E-state index in [9.17, 15) is 0 Å². The summed E-state index contributed by atoms with van der Waals surface area (Å²) in [5.41, 5.74) is 1.15. The first-order valence-corrected chi connectivity index (χ1v) is 8.47. The topological polar surface area (TPSA) is 41.0 Å². The zero-order valence-electron chi connectivity index (χ0n) is 14.0. The number of anilines is 1. The molecule has 0 aromatic carbocycles. The van der Waals surface area contributed by atoms with Crippen LogP contribution in [0, 0.1) is 12.8 Å². The van der Waals surface area contributed by atoms with Crippen LogP contribution in [0.3, 0.4) is 0 Å². The van der Waals surface area contributed by atoms with E-state index in [-0.39, 0.29) is 0 Å². The summed E-state index contributed by atoms with van der Waals surface area (Å²) in [6, 6.07) is 2.75. The van der Waals surface area contributed by atoms with Gasteiger partial charge in [0.15, 0.2) is 0 Å². The molecule has 1 fully saturated rings. The summed E-state index contributed by atoms with van der Waals surface area (Å²) >= 11 is 0. The van der Waals surface area contributed by atoms with Gasteiger partial charge in [-0.05, 0) is 52.0 Å². The highest BCUT2D eigenvalue weighted by atomic mass is 15.2. The fourth-order valence-corrected chi connectivity index (χ4v) is 3.12. The molecule has 2 atom stereocenters. The highest BCUT2D eigenvalue weighted by Gasteiger charge is 2.25. The lowest BCUT2D eigenvalue weighted by molar-refractivity contribution is 0.320. The maximum absolute atomic E-state index is 4.66. The molecule has 2 unspecified atom stereocenters. The summed E-state index contributed by atoms with van der Waals surface area (Å²) in [5.74, 6) is 2.72. The second kappa shape index (κ2) is 7.74. The van der Waals surface area contributed by atoms with Crippen molar-refractivity contribution < 1.29 is 0 Å². The number of aromatic nitrogens is 2. The lowest BCUT2D eigenvalue weighted by Crippen LogP contribution is -2.45. The molecule has 0 saturated carbocycles. The molecule has 118 valence electrons. The predicted octanol–water partition coefficient (Wildman–Crippen LogP) is 2.95. The summed E-state index contributed by atoms with van der Waals surface area (Å²) in [5, 5.41) is 3.65. The van der Waals surface area contributed by atoms with E-state index in [1.54, 1.807) is 0 Å². The Morgan fingerprint density at radius 3 is 2.90 bits per heavy atom. The van der Waals surface area contributed by atoms with Crippen LogP contribution in [0.25, 0.3) is 0 Å². The van der Waals surface area contributed by atoms with E-state index in [1.165, 1.54) is 19.3 Å². The van der Waals surface area contributed by atoms with Crippen LogP contribution in [0.4, 0.5) is 5.82 Å². The molecule has 1 aliphatic rings. The molecular formula is C17H30N4. The van der Waals surface area contributed by atoms with Crippen LogP contribution >= 0.6 is 0 Å². The Labute approximate surface area is 129 Å². The van der Waals surface area contributed by atoms with Crippen LogP contribution < -0.4 is 10.2 Å². The van der Waals surface area contributed by atoms with Crippen LogP contribution in [-0.4, -0.2) is 35.6 Å². The van der Waals surface area contributed by atoms with E-state index in [0.717, 1.165) is 43.4 Å². The largest absolute Gasteiger partial charge is 0.356 e. The Balaban J connectivity index is 2.05. The second-order valence-corrected chi connectivity index (χ2v) is 6.21. The molecule has 1 saturated heterocycles. The Kier molecular flexibility index (Phi) is 5.97. The van der Waals surface area contributed by atoms with Gasteiger partial charge in [0.1, 0.15) is 11.6 Å². The standard InChI is InChI=1S/C17H30N4/c1-5-9-18-13(3)15-8-7-10-21(12-15)17-11-16(6-2)19-14(4)20-17/h11,13,15,18H,5-10,12H2,1-4H3. The molecule has 1 N–H and O–H groups in total. The normalized spacial score (nSPS) is 20.6. The third-order valence-electron chi connectivity index (χ3n) is 4.44. The average molecular weight is 290 g/mol. The Hall–Kier alpha value is -1.16. The number of piperidine rings is 1. The van der Waals surface area contributed by atoms with Gasteiger partial charge in [-0.25, -0.2) is 9.97 Å². The van der Waals surface area contributed by atoms with Gasteiger partial charge >= 0.3 is 0 Å². The maximum Gasteiger partial charge on any atom is 0.132 e. The highest BCUT2D eigenvalue weighted by Crippen LogP contribution is 2.24. The van der Waals surface area contributed by atoms with Crippen molar-refractivity contribution in [3.63, 3.8) is 0 Å². The molecule has 1 aromatic rings. The summed E-state index contributed by atoms with van der Waals surface area (Å²) in [4.78, 5) is 11.6. The van der Waals surface area contributed by atoms with Gasteiger partial charge in [0.2, 0.25) is 0 Å². The van der Waals surface area contributed by atoms with Crippen molar-refractivity contribution in [3.8, 4) is 0 Å². The van der Waals surface area contributed by atoms with Crippen LogP contribution in [0.15, 0.2) is 6.07 Å². The first-order chi connectivity index (χ1) is 10.1. The minimum absolute atomic E-state index is 0.585. The summed E-state index contributed by atoms with van der Waals surface area (Å²) in [6.45, 7) is 12.0. The third-order valence-corrected chi connectivity index (χ3v) is 4.44. The van der Waals surface area contributed by atoms with E-state index in [1.807, 2.05) is 6.92 Å². The Morgan fingerprint density at radius 2 is 2.19 bits per heavy atom. The van der Waals surface area contributed by atoms with Crippen molar-refractivity contribution in [2.45, 2.75) is 59.4 Å². The Bertz CT molecular complexity index is 446. The van der Waals surface area contributed by atoms with Crippen molar-refractivity contribution in [1.29, 1.82) is 0 Å². The first-order valence-electron chi connectivity index (χ1n) is 8.47. The molecule has 0 radical (unpaired) electrons. The zero-order valence-corrected chi connectivity index (χ0v) is 14.0. The van der Waals surface area contributed by atoms with Crippen molar-refractivity contribution in [2.75, 3.05) is 24.5 Å². The molecule has 2 rings (SSSR count). The van der Waals surface area contributed by atoms with Gasteiger partial charge in [-0.1, -0.05) is 13.8 Å². The summed E-state index contributed by atoms with van der Waals surface area (Å²) < 4.78 is 0. The van der Waals surface area contributed by atoms with Gasteiger partial charge in [0.25, 0.3) is 0 Å². The van der Waals surface area contributed by atoms with Crippen LogP contribution in [-0.2, 0) is 6.42 Å². The smallest absolute Gasteiger partial charge is 0.132 e. The fraction of sp³-hybridized carbons (Fsp3) is 0.765. The predicted molar refractivity (Wildman–Crippen MR) is 88.8 cm³/mol. The minimum Gasteiger partial charge on any atom is -0.356 e. The van der Waals surface area contributed by atoms with Crippen molar-refractivity contribution in [2.24, 2.45) is 5.92 Å². The number of aryl methyl sites for hydroxylation is 2. The molecule has 4 nitrogen and oxygen atoms in total. The van der Waals surface area contributed by atoms with E-state index in [4.69, 9.17) is 0 Å². The highest BCUT2D eigenvalue weighted by molar-refractivity contribution is 5.40. The van der Waals surface area contributed by atoms with Crippen LogP contribution in [0.1, 0.15) is 51.6 Å². The zero-order chi connectivity index (χ0) is 15.2. The van der Waals surface area contributed by atoms with E-state index < -0.39 is 0 Å². The van der Waals surface area contributed by atoms with Crippen LogP contribution in [0.5, 0.6) is 0 Å². The summed E-state index contributed by atoms with van der Waals surface area (Å²) in [7, 11) is 0. The molecule has 0 aliphatic carbocycles. The molecular weight excluding hydrogens is 260 g/mol. The van der Waals surface area contributed by atoms with E-state index >= 15 is 0 Å². The van der Waals surface area contributed by atoms with Crippen molar-refractivity contribution in [3.05, 3.63) is 17.6 Å². The quantitative estimate of drug-likeness (QED) is 0.874. The fourth-order valence-electron chi connectivity index (χ4n) is 3.12. The summed E-state index contributed by atoms with van der Waals surface area (Å²) in [6.07, 6.45) is 4.75. The van der Waals surface area contributed by atoms with E-state index in [0.29, 0.717) is 12.0 Å². The van der Waals surface area contributed by atoms with Gasteiger partial charge in [0, 0.05) is 30.9 Å². The van der Waals surface area contributed by atoms with Crippen molar-refractivity contribution >= 4 is 5.82 Å². The SMILES string of the molecule is CCCNC(C)C1CCCN(c2cc(CC)nc(C)n2)C1. The number of hydrogen-bond donors (Lipinski definition) is 1. The van der Waals surface area contributed by atoms with Gasteiger partial charge in [-0.2, -0.15) is 0 Å². The number of rotatable bonds is 6. The number of nitrogens with zero attached hydrogens (tertiary/aromatic N) is 3. The number of nitrogens with one attached hydrogen (secondary N) is 1.